The van der Waals surface area contributed by atoms with E-state index in [4.69, 9.17) is 9.72 Å². The molecule has 5 rings (SSSR count). The van der Waals surface area contributed by atoms with Crippen LogP contribution in [0.4, 0.5) is 5.82 Å². The Balaban J connectivity index is 1.23. The minimum Gasteiger partial charge on any atom is -0.376 e. The molecule has 0 atom stereocenters. The number of rotatable bonds is 4. The van der Waals surface area contributed by atoms with Gasteiger partial charge in [0.25, 0.3) is 5.56 Å². The van der Waals surface area contributed by atoms with Crippen LogP contribution in [-0.2, 0) is 17.8 Å². The Morgan fingerprint density at radius 1 is 1.14 bits per heavy atom. The molecule has 2 saturated carbocycles. The van der Waals surface area contributed by atoms with E-state index in [2.05, 4.69) is 15.4 Å². The maximum absolute atomic E-state index is 12.5. The maximum Gasteiger partial charge on any atom is 0.267 e. The summed E-state index contributed by atoms with van der Waals surface area (Å²) < 4.78 is 7.16. The number of nitrogens with zero attached hydrogens (tertiary/aromatic N) is 4. The lowest BCUT2D eigenvalue weighted by molar-refractivity contribution is 0.107. The molecular weight excluding hydrogens is 354 g/mol. The summed E-state index contributed by atoms with van der Waals surface area (Å²) in [5.41, 5.74) is 1.98. The molecule has 28 heavy (non-hydrogen) atoms. The Morgan fingerprint density at radius 2 is 2.00 bits per heavy atom. The van der Waals surface area contributed by atoms with Crippen LogP contribution in [0.5, 0.6) is 0 Å². The van der Waals surface area contributed by atoms with Crippen LogP contribution in [0.1, 0.15) is 74.0 Å². The van der Waals surface area contributed by atoms with Crippen molar-refractivity contribution in [3.8, 4) is 0 Å². The zero-order chi connectivity index (χ0) is 18.9. The highest BCUT2D eigenvalue weighted by molar-refractivity contribution is 5.35. The molecule has 7 heteroatoms. The fraction of sp³-hybridized carbons (Fsp3) is 0.619. The van der Waals surface area contributed by atoms with Crippen LogP contribution in [0, 0.1) is 0 Å². The monoisotopic (exact) mass is 381 g/mol. The predicted molar refractivity (Wildman–Crippen MR) is 105 cm³/mol. The maximum atomic E-state index is 12.5. The van der Waals surface area contributed by atoms with Gasteiger partial charge in [0.2, 0.25) is 0 Å². The van der Waals surface area contributed by atoms with Gasteiger partial charge in [-0.3, -0.25) is 4.79 Å². The van der Waals surface area contributed by atoms with Crippen molar-refractivity contribution < 1.29 is 4.74 Å². The van der Waals surface area contributed by atoms with E-state index in [1.165, 1.54) is 19.3 Å². The Kier molecular flexibility index (Phi) is 4.84. The van der Waals surface area contributed by atoms with Crippen LogP contribution in [0.15, 0.2) is 23.1 Å². The molecule has 3 aliphatic rings. The van der Waals surface area contributed by atoms with Crippen molar-refractivity contribution in [2.45, 2.75) is 76.0 Å². The van der Waals surface area contributed by atoms with E-state index in [0.717, 1.165) is 55.0 Å². The number of hydrogen-bond acceptors (Lipinski definition) is 6. The highest BCUT2D eigenvalue weighted by Gasteiger charge is 2.26. The van der Waals surface area contributed by atoms with Gasteiger partial charge in [0.1, 0.15) is 11.6 Å². The van der Waals surface area contributed by atoms with Crippen molar-refractivity contribution in [3.63, 3.8) is 0 Å². The van der Waals surface area contributed by atoms with Crippen LogP contribution in [0.25, 0.3) is 0 Å². The molecule has 3 heterocycles. The van der Waals surface area contributed by atoms with E-state index in [-0.39, 0.29) is 11.6 Å². The Morgan fingerprint density at radius 3 is 2.79 bits per heavy atom. The lowest BCUT2D eigenvalue weighted by atomic mass is 9.85. The Bertz CT molecular complexity index is 900. The number of ether oxygens (including phenoxy) is 1. The van der Waals surface area contributed by atoms with Crippen molar-refractivity contribution in [2.75, 3.05) is 11.9 Å². The van der Waals surface area contributed by atoms with E-state index >= 15 is 0 Å². The number of anilines is 1. The van der Waals surface area contributed by atoms with Gasteiger partial charge in [-0.15, -0.1) is 0 Å². The van der Waals surface area contributed by atoms with Gasteiger partial charge in [-0.1, -0.05) is 6.42 Å². The SMILES string of the molecule is O=c1cc2c(nn1C1CCC(Nc3ccnc(C4CCC4)n3)CC1)CCOC2. The van der Waals surface area contributed by atoms with Gasteiger partial charge >= 0.3 is 0 Å². The second kappa shape index (κ2) is 7.62. The van der Waals surface area contributed by atoms with Crippen LogP contribution >= 0.6 is 0 Å². The molecule has 7 nitrogen and oxygen atoms in total. The quantitative estimate of drug-likeness (QED) is 0.877. The number of nitrogens with one attached hydrogen (secondary N) is 1. The molecular formula is C21H27N5O2. The van der Waals surface area contributed by atoms with Crippen molar-refractivity contribution >= 4 is 5.82 Å². The highest BCUT2D eigenvalue weighted by atomic mass is 16.5. The van der Waals surface area contributed by atoms with Crippen molar-refractivity contribution in [2.24, 2.45) is 0 Å². The summed E-state index contributed by atoms with van der Waals surface area (Å²) in [7, 11) is 0. The molecule has 148 valence electrons. The summed E-state index contributed by atoms with van der Waals surface area (Å²) in [5, 5.41) is 8.26. The van der Waals surface area contributed by atoms with Crippen molar-refractivity contribution in [1.82, 2.24) is 19.7 Å². The molecule has 0 aromatic carbocycles. The zero-order valence-electron chi connectivity index (χ0n) is 16.1. The zero-order valence-corrected chi connectivity index (χ0v) is 16.1. The molecule has 0 saturated heterocycles. The molecule has 0 bridgehead atoms. The van der Waals surface area contributed by atoms with Crippen LogP contribution < -0.4 is 10.9 Å². The first-order chi connectivity index (χ1) is 13.8. The predicted octanol–water partition coefficient (Wildman–Crippen LogP) is 2.97. The third kappa shape index (κ3) is 3.55. The van der Waals surface area contributed by atoms with E-state index < -0.39 is 0 Å². The minimum absolute atomic E-state index is 0.00148. The molecule has 1 N–H and O–H groups in total. The average molecular weight is 381 g/mol. The van der Waals surface area contributed by atoms with Crippen LogP contribution in [-0.4, -0.2) is 32.4 Å². The van der Waals surface area contributed by atoms with E-state index in [0.29, 0.717) is 25.2 Å². The van der Waals surface area contributed by atoms with E-state index in [1.54, 1.807) is 10.7 Å². The normalized spacial score (nSPS) is 25.0. The molecule has 0 amide bonds. The summed E-state index contributed by atoms with van der Waals surface area (Å²) in [6, 6.07) is 4.26. The Hall–Kier alpha value is -2.28. The van der Waals surface area contributed by atoms with Crippen molar-refractivity contribution in [3.05, 3.63) is 45.8 Å². The number of aromatic nitrogens is 4. The third-order valence-electron chi connectivity index (χ3n) is 6.40. The summed E-state index contributed by atoms with van der Waals surface area (Å²) in [6.45, 7) is 1.20. The first-order valence-corrected chi connectivity index (χ1v) is 10.5. The molecule has 0 spiro atoms. The minimum atomic E-state index is 0.00148. The standard InChI is InChI=1S/C21H27N5O2/c27-20-12-15-13-28-11-9-18(15)25-26(20)17-6-4-16(5-7-17)23-19-8-10-22-21(24-19)14-2-1-3-14/h8,10,12,14,16-17H,1-7,9,11,13H2,(H,22,23,24). The van der Waals surface area contributed by atoms with Crippen molar-refractivity contribution in [1.29, 1.82) is 0 Å². The average Bonchev–Trinajstić information content (AvgIpc) is 2.67. The van der Waals surface area contributed by atoms with Gasteiger partial charge < -0.3 is 10.1 Å². The van der Waals surface area contributed by atoms with Gasteiger partial charge in [-0.05, 0) is 44.6 Å². The summed E-state index contributed by atoms with van der Waals surface area (Å²) >= 11 is 0. The smallest absolute Gasteiger partial charge is 0.267 e. The van der Waals surface area contributed by atoms with E-state index in [1.807, 2.05) is 12.3 Å². The van der Waals surface area contributed by atoms with Gasteiger partial charge in [0.15, 0.2) is 0 Å². The third-order valence-corrected chi connectivity index (χ3v) is 6.40. The topological polar surface area (TPSA) is 81.9 Å². The Labute approximate surface area is 164 Å². The second-order valence-corrected chi connectivity index (χ2v) is 8.28. The first kappa shape index (κ1) is 17.8. The fourth-order valence-corrected chi connectivity index (χ4v) is 4.48. The summed E-state index contributed by atoms with van der Waals surface area (Å²) in [6.07, 6.45) is 10.3. The fourth-order valence-electron chi connectivity index (χ4n) is 4.48. The van der Waals surface area contributed by atoms with Gasteiger partial charge in [-0.2, -0.15) is 5.10 Å². The van der Waals surface area contributed by atoms with Gasteiger partial charge in [0, 0.05) is 36.2 Å². The molecule has 1 aliphatic heterocycles. The summed E-state index contributed by atoms with van der Waals surface area (Å²) in [5.74, 6) is 2.47. The largest absolute Gasteiger partial charge is 0.376 e. The van der Waals surface area contributed by atoms with Gasteiger partial charge in [-0.25, -0.2) is 14.6 Å². The van der Waals surface area contributed by atoms with Gasteiger partial charge in [0.05, 0.1) is 24.9 Å². The van der Waals surface area contributed by atoms with Crippen LogP contribution in [0.2, 0.25) is 0 Å². The molecule has 2 aliphatic carbocycles. The molecule has 2 fully saturated rings. The molecule has 2 aromatic rings. The lowest BCUT2D eigenvalue weighted by Crippen LogP contribution is -2.35. The molecule has 0 unspecified atom stereocenters. The first-order valence-electron chi connectivity index (χ1n) is 10.5. The highest BCUT2D eigenvalue weighted by Crippen LogP contribution is 2.35. The molecule has 0 radical (unpaired) electrons. The van der Waals surface area contributed by atoms with Crippen LogP contribution in [0.3, 0.4) is 0 Å². The number of hydrogen-bond donors (Lipinski definition) is 1. The summed E-state index contributed by atoms with van der Waals surface area (Å²) in [4.78, 5) is 21.7. The number of fused-ring (bicyclic) bond motifs is 1. The van der Waals surface area contributed by atoms with E-state index in [9.17, 15) is 4.79 Å². The lowest BCUT2D eigenvalue weighted by Gasteiger charge is -2.31. The molecule has 2 aromatic heterocycles. The second-order valence-electron chi connectivity index (χ2n) is 8.28.